The summed E-state index contributed by atoms with van der Waals surface area (Å²) in [7, 11) is 0. The van der Waals surface area contributed by atoms with Crippen LogP contribution in [0.25, 0.3) is 33.0 Å². The average molecular weight is 538 g/mol. The lowest BCUT2D eigenvalue weighted by molar-refractivity contribution is -0.154. The highest BCUT2D eigenvalue weighted by Crippen LogP contribution is 2.36. The first-order chi connectivity index (χ1) is 18.0. The zero-order valence-corrected chi connectivity index (χ0v) is 20.2. The van der Waals surface area contributed by atoms with Gasteiger partial charge in [-0.1, -0.05) is 44.0 Å². The van der Waals surface area contributed by atoms with Crippen molar-refractivity contribution >= 4 is 10.8 Å². The Morgan fingerprint density at radius 2 is 1.39 bits per heavy atom. The van der Waals surface area contributed by atoms with Gasteiger partial charge in [-0.25, -0.2) is 22.0 Å². The van der Waals surface area contributed by atoms with E-state index in [4.69, 9.17) is 0 Å². The second kappa shape index (κ2) is 11.0. The van der Waals surface area contributed by atoms with E-state index >= 15 is 4.39 Å². The minimum Gasteiger partial charge on any atom is -0.478 e. The third kappa shape index (κ3) is 5.92. The summed E-state index contributed by atoms with van der Waals surface area (Å²) in [4.78, 5) is 0. The highest BCUT2D eigenvalue weighted by atomic mass is 19.4. The van der Waals surface area contributed by atoms with Crippen LogP contribution in [0.5, 0.6) is 5.75 Å². The molecule has 200 valence electrons. The van der Waals surface area contributed by atoms with Crippen molar-refractivity contribution in [1.29, 1.82) is 0 Å². The first-order valence-electron chi connectivity index (χ1n) is 11.9. The molecule has 4 rings (SSSR count). The van der Waals surface area contributed by atoms with Crippen LogP contribution < -0.4 is 4.74 Å². The molecule has 0 heterocycles. The van der Waals surface area contributed by atoms with E-state index in [-0.39, 0.29) is 33.0 Å². The maximum atomic E-state index is 15.1. The smallest absolute Gasteiger partial charge is 0.422 e. The van der Waals surface area contributed by atoms with Gasteiger partial charge in [-0.05, 0) is 65.3 Å². The van der Waals surface area contributed by atoms with E-state index in [9.17, 15) is 30.7 Å². The largest absolute Gasteiger partial charge is 0.478 e. The molecular weight excluding hydrogens is 516 g/mol. The minimum absolute atomic E-state index is 0.00846. The molecule has 0 aliphatic rings. The van der Waals surface area contributed by atoms with Crippen molar-refractivity contribution in [3.8, 4) is 28.0 Å². The van der Waals surface area contributed by atoms with Crippen LogP contribution in [0.1, 0.15) is 31.7 Å². The molecule has 0 unspecified atom stereocenters. The number of alkyl halides is 3. The van der Waals surface area contributed by atoms with Crippen LogP contribution in [-0.4, -0.2) is 12.8 Å². The van der Waals surface area contributed by atoms with Crippen LogP contribution in [0.4, 0.5) is 35.1 Å². The van der Waals surface area contributed by atoms with Crippen molar-refractivity contribution in [2.75, 3.05) is 6.61 Å². The van der Waals surface area contributed by atoms with Gasteiger partial charge in [0.25, 0.3) is 0 Å². The van der Waals surface area contributed by atoms with Gasteiger partial charge in [0, 0.05) is 10.9 Å². The van der Waals surface area contributed by atoms with Crippen LogP contribution in [0.3, 0.4) is 0 Å². The molecule has 0 aliphatic heterocycles. The molecule has 0 saturated carbocycles. The molecular formula is C29H22F8O. The summed E-state index contributed by atoms with van der Waals surface area (Å²) < 4.78 is 115. The highest BCUT2D eigenvalue weighted by molar-refractivity contribution is 5.89. The summed E-state index contributed by atoms with van der Waals surface area (Å²) in [6, 6.07) is 10.5. The fraction of sp³-hybridized carbons (Fsp3) is 0.241. The molecule has 0 atom stereocenters. The molecule has 4 aromatic rings. The van der Waals surface area contributed by atoms with Crippen LogP contribution in [-0.2, 0) is 6.42 Å². The van der Waals surface area contributed by atoms with Gasteiger partial charge < -0.3 is 4.74 Å². The molecule has 0 saturated heterocycles. The van der Waals surface area contributed by atoms with Gasteiger partial charge in [-0.2, -0.15) is 13.2 Å². The molecule has 0 aliphatic carbocycles. The molecule has 0 amide bonds. The SMILES string of the molecule is CCCCCc1cc(F)c(-c2ccc(-c3ccc4c(F)c(OCC(F)(F)F)c(F)cc4c3)c(F)c2)c(F)c1. The highest BCUT2D eigenvalue weighted by Gasteiger charge is 2.30. The first-order valence-corrected chi connectivity index (χ1v) is 11.9. The van der Waals surface area contributed by atoms with E-state index < -0.39 is 47.6 Å². The number of hydrogen-bond acceptors (Lipinski definition) is 1. The van der Waals surface area contributed by atoms with E-state index in [0.717, 1.165) is 37.5 Å². The average Bonchev–Trinajstić information content (AvgIpc) is 2.83. The Labute approximate surface area is 213 Å². The molecule has 1 nitrogen and oxygen atoms in total. The fourth-order valence-electron chi connectivity index (χ4n) is 4.29. The lowest BCUT2D eigenvalue weighted by Gasteiger charge is -2.13. The predicted molar refractivity (Wildman–Crippen MR) is 129 cm³/mol. The summed E-state index contributed by atoms with van der Waals surface area (Å²) in [5.74, 6) is -6.31. The standard InChI is InChI=1S/C29H22F8O/c1-2-3-4-5-16-10-23(31)26(24(32)11-16)18-7-8-20(22(30)13-18)17-6-9-21-19(12-17)14-25(33)28(27(21)34)38-15-29(35,36)37/h6-14H,2-5,15H2,1H3. The second-order valence-electron chi connectivity index (χ2n) is 8.93. The molecule has 4 aromatic carbocycles. The Bertz CT molecular complexity index is 1450. The second-order valence-corrected chi connectivity index (χ2v) is 8.93. The van der Waals surface area contributed by atoms with Gasteiger partial charge in [0.15, 0.2) is 24.0 Å². The predicted octanol–water partition coefficient (Wildman–Crippen LogP) is 9.54. The van der Waals surface area contributed by atoms with Gasteiger partial charge in [0.1, 0.15) is 17.5 Å². The zero-order valence-electron chi connectivity index (χ0n) is 20.2. The molecule has 0 fully saturated rings. The maximum Gasteiger partial charge on any atom is 0.422 e. The van der Waals surface area contributed by atoms with Crippen LogP contribution in [0, 0.1) is 29.1 Å². The van der Waals surface area contributed by atoms with Gasteiger partial charge >= 0.3 is 6.18 Å². The Hall–Kier alpha value is -3.62. The monoisotopic (exact) mass is 538 g/mol. The third-order valence-corrected chi connectivity index (χ3v) is 6.11. The van der Waals surface area contributed by atoms with Gasteiger partial charge in [-0.3, -0.25) is 0 Å². The van der Waals surface area contributed by atoms with Gasteiger partial charge in [0.2, 0.25) is 0 Å². The van der Waals surface area contributed by atoms with Crippen molar-refractivity contribution in [2.24, 2.45) is 0 Å². The van der Waals surface area contributed by atoms with E-state index in [1.807, 2.05) is 6.92 Å². The summed E-state index contributed by atoms with van der Waals surface area (Å²) in [6.07, 6.45) is -1.58. The third-order valence-electron chi connectivity index (χ3n) is 6.11. The van der Waals surface area contributed by atoms with Crippen molar-refractivity contribution in [1.82, 2.24) is 0 Å². The summed E-state index contributed by atoms with van der Waals surface area (Å²) in [5.41, 5.74) is 0.300. The fourth-order valence-corrected chi connectivity index (χ4v) is 4.29. The molecule has 0 aromatic heterocycles. The van der Waals surface area contributed by atoms with Gasteiger partial charge in [-0.15, -0.1) is 0 Å². The van der Waals surface area contributed by atoms with E-state index in [1.54, 1.807) is 0 Å². The topological polar surface area (TPSA) is 9.23 Å². The van der Waals surface area contributed by atoms with E-state index in [0.29, 0.717) is 12.0 Å². The lowest BCUT2D eigenvalue weighted by Crippen LogP contribution is -2.20. The van der Waals surface area contributed by atoms with E-state index in [2.05, 4.69) is 4.74 Å². The zero-order chi connectivity index (χ0) is 27.6. The summed E-state index contributed by atoms with van der Waals surface area (Å²) in [6.45, 7) is 0.148. The molecule has 0 radical (unpaired) electrons. The number of rotatable bonds is 8. The Morgan fingerprint density at radius 1 is 0.711 bits per heavy atom. The van der Waals surface area contributed by atoms with Crippen LogP contribution >= 0.6 is 0 Å². The van der Waals surface area contributed by atoms with E-state index in [1.165, 1.54) is 36.4 Å². The molecule has 9 heteroatoms. The number of unbranched alkanes of at least 4 members (excludes halogenated alkanes) is 2. The van der Waals surface area contributed by atoms with Crippen molar-refractivity contribution in [2.45, 2.75) is 38.8 Å². The number of fused-ring (bicyclic) bond motifs is 1. The normalized spacial score (nSPS) is 11.8. The van der Waals surface area contributed by atoms with Crippen LogP contribution in [0.2, 0.25) is 0 Å². The van der Waals surface area contributed by atoms with Crippen molar-refractivity contribution in [3.63, 3.8) is 0 Å². The quantitative estimate of drug-likeness (QED) is 0.160. The number of aryl methyl sites for hydroxylation is 1. The Balaban J connectivity index is 1.65. The lowest BCUT2D eigenvalue weighted by atomic mass is 9.96. The molecule has 38 heavy (non-hydrogen) atoms. The molecule has 0 bridgehead atoms. The summed E-state index contributed by atoms with van der Waals surface area (Å²) >= 11 is 0. The summed E-state index contributed by atoms with van der Waals surface area (Å²) in [5, 5.41) is -0.274. The Morgan fingerprint density at radius 3 is 2.03 bits per heavy atom. The number of hydrogen-bond donors (Lipinski definition) is 0. The first kappa shape index (κ1) is 27.4. The van der Waals surface area contributed by atoms with Crippen LogP contribution in [0.15, 0.2) is 54.6 Å². The Kier molecular flexibility index (Phi) is 7.94. The van der Waals surface area contributed by atoms with Gasteiger partial charge in [0.05, 0.1) is 5.56 Å². The van der Waals surface area contributed by atoms with Crippen molar-refractivity contribution < 1.29 is 39.9 Å². The van der Waals surface area contributed by atoms with Crippen molar-refractivity contribution in [3.05, 3.63) is 89.2 Å². The molecule has 0 spiro atoms. The number of ether oxygens (including phenoxy) is 1. The number of benzene rings is 4. The number of halogens is 8. The molecule has 0 N–H and O–H groups in total. The maximum absolute atomic E-state index is 15.1. The minimum atomic E-state index is -4.79.